The normalized spacial score (nSPS) is 44.0. The van der Waals surface area contributed by atoms with Gasteiger partial charge in [0.25, 0.3) is 0 Å². The monoisotopic (exact) mass is 511 g/mol. The molecule has 0 spiro atoms. The summed E-state index contributed by atoms with van der Waals surface area (Å²) >= 11 is 0. The molecule has 0 bridgehead atoms. The molecule has 1 saturated heterocycles. The first-order valence-corrected chi connectivity index (χ1v) is 14.7. The molecule has 4 saturated carbocycles. The highest BCUT2D eigenvalue weighted by atomic mass is 16.4. The third-order valence-corrected chi connectivity index (χ3v) is 12.1. The van der Waals surface area contributed by atoms with Gasteiger partial charge in [-0.3, -0.25) is 0 Å². The lowest BCUT2D eigenvalue weighted by Gasteiger charge is -2.63. The largest absolute Gasteiger partial charge is 0.431 e. The lowest BCUT2D eigenvalue weighted by molar-refractivity contribution is -0.201. The molecule has 7 heteroatoms. The summed E-state index contributed by atoms with van der Waals surface area (Å²) in [6, 6.07) is 3.82. The van der Waals surface area contributed by atoms with Crippen molar-refractivity contribution in [2.24, 2.45) is 28.6 Å². The van der Waals surface area contributed by atoms with Crippen molar-refractivity contribution in [2.45, 2.75) is 89.2 Å². The van der Waals surface area contributed by atoms with Gasteiger partial charge in [0.2, 0.25) is 0 Å². The molecule has 8 atom stereocenters. The number of hydrogen-bond acceptors (Lipinski definition) is 5. The van der Waals surface area contributed by atoms with Crippen LogP contribution in [0.2, 0.25) is 0 Å². The van der Waals surface area contributed by atoms with Gasteiger partial charge in [0, 0.05) is 43.7 Å². The van der Waals surface area contributed by atoms with Crippen LogP contribution < -0.4 is 10.9 Å². The minimum atomic E-state index is -0.669. The quantitative estimate of drug-likeness (QED) is 0.621. The summed E-state index contributed by atoms with van der Waals surface area (Å²) in [5.74, 6) is 1.69. The molecule has 2 N–H and O–H groups in total. The van der Waals surface area contributed by atoms with E-state index in [1.807, 2.05) is 11.0 Å². The van der Waals surface area contributed by atoms with E-state index in [1.54, 1.807) is 6.26 Å². The number of nitrogens with zero attached hydrogens (tertiary/aromatic N) is 2. The van der Waals surface area contributed by atoms with Gasteiger partial charge < -0.3 is 24.6 Å². The second-order valence-corrected chi connectivity index (χ2v) is 13.6. The third kappa shape index (κ3) is 3.98. The number of rotatable bonds is 2. The second kappa shape index (κ2) is 9.11. The van der Waals surface area contributed by atoms with Crippen molar-refractivity contribution < 1.29 is 14.3 Å². The van der Waals surface area contributed by atoms with Gasteiger partial charge in [0.15, 0.2) is 0 Å². The van der Waals surface area contributed by atoms with Crippen LogP contribution in [0.5, 0.6) is 0 Å². The van der Waals surface area contributed by atoms with Crippen LogP contribution in [0.3, 0.4) is 0 Å². The molecule has 4 aliphatic carbocycles. The number of urea groups is 1. The zero-order valence-electron chi connectivity index (χ0n) is 22.9. The van der Waals surface area contributed by atoms with Crippen molar-refractivity contribution in [1.82, 2.24) is 15.1 Å². The van der Waals surface area contributed by atoms with E-state index in [2.05, 4.69) is 31.1 Å². The predicted molar refractivity (Wildman–Crippen MR) is 142 cm³/mol. The first-order chi connectivity index (χ1) is 17.6. The Morgan fingerprint density at radius 1 is 1.00 bits per heavy atom. The van der Waals surface area contributed by atoms with Crippen molar-refractivity contribution in [1.29, 1.82) is 0 Å². The number of aliphatic hydroxyl groups is 1. The van der Waals surface area contributed by atoms with Gasteiger partial charge in [-0.25, -0.2) is 9.59 Å². The maximum atomic E-state index is 12.9. The number of carbonyl (C=O) groups excluding carboxylic acids is 1. The van der Waals surface area contributed by atoms with E-state index in [0.29, 0.717) is 17.8 Å². The predicted octanol–water partition coefficient (Wildman–Crippen LogP) is 4.21. The van der Waals surface area contributed by atoms with Crippen LogP contribution in [0.4, 0.5) is 4.79 Å². The third-order valence-electron chi connectivity index (χ3n) is 12.1. The maximum Gasteiger partial charge on any atom is 0.335 e. The number of hydrogen-bond donors (Lipinski definition) is 2. The Labute approximate surface area is 221 Å². The van der Waals surface area contributed by atoms with Gasteiger partial charge in [-0.2, -0.15) is 0 Å². The smallest absolute Gasteiger partial charge is 0.335 e. The van der Waals surface area contributed by atoms with Crippen LogP contribution in [-0.2, 0) is 0 Å². The summed E-state index contributed by atoms with van der Waals surface area (Å²) in [6.45, 7) is 8.32. The molecule has 2 amide bonds. The molecule has 6 rings (SSSR count). The van der Waals surface area contributed by atoms with Crippen LogP contribution >= 0.6 is 0 Å². The standard InChI is InChI=1S/C30H45N3O4/c1-28-11-8-22(31-27(35)33-16-14-32(3)15-17-33)18-21(28)5-6-25-24(28)9-12-29(2)23(10-13-30(25,29)36)20-4-7-26(34)37-19-20/h4,7,19,21-25,36H,5-6,8-18H2,1-3H3,(H,31,35)/t21-,22+,23-,24?,25?,28+,29-,30+/m1/s1. The Balaban J connectivity index is 1.15. The molecule has 5 fully saturated rings. The minimum Gasteiger partial charge on any atom is -0.431 e. The molecule has 37 heavy (non-hydrogen) atoms. The van der Waals surface area contributed by atoms with Crippen molar-refractivity contribution in [3.63, 3.8) is 0 Å². The minimum absolute atomic E-state index is 0.117. The Morgan fingerprint density at radius 2 is 1.78 bits per heavy atom. The molecule has 2 heterocycles. The number of fused-ring (bicyclic) bond motifs is 5. The van der Waals surface area contributed by atoms with Crippen LogP contribution in [-0.4, -0.2) is 65.8 Å². The van der Waals surface area contributed by atoms with Crippen molar-refractivity contribution >= 4 is 6.03 Å². The topological polar surface area (TPSA) is 86.0 Å². The first-order valence-electron chi connectivity index (χ1n) is 14.7. The number of likely N-dealkylation sites (N-methyl/N-ethyl adjacent to an activating group) is 1. The van der Waals surface area contributed by atoms with Gasteiger partial charge in [0.1, 0.15) is 0 Å². The van der Waals surface area contributed by atoms with Gasteiger partial charge in [-0.05, 0) is 106 Å². The average Bonchev–Trinajstić information content (AvgIpc) is 3.16. The molecule has 204 valence electrons. The van der Waals surface area contributed by atoms with Crippen LogP contribution in [0, 0.1) is 28.6 Å². The highest BCUT2D eigenvalue weighted by Gasteiger charge is 2.67. The van der Waals surface area contributed by atoms with E-state index in [4.69, 9.17) is 4.42 Å². The Kier molecular flexibility index (Phi) is 6.26. The van der Waals surface area contributed by atoms with Gasteiger partial charge in [0.05, 0.1) is 11.9 Å². The fourth-order valence-electron chi connectivity index (χ4n) is 9.73. The molecule has 7 nitrogen and oxygen atoms in total. The molecule has 2 unspecified atom stereocenters. The summed E-state index contributed by atoms with van der Waals surface area (Å²) in [6.07, 6.45) is 11.0. The zero-order valence-corrected chi connectivity index (χ0v) is 22.9. The van der Waals surface area contributed by atoms with Gasteiger partial charge in [-0.15, -0.1) is 0 Å². The zero-order chi connectivity index (χ0) is 26.0. The summed E-state index contributed by atoms with van der Waals surface area (Å²) in [4.78, 5) is 28.8. The van der Waals surface area contributed by atoms with Crippen molar-refractivity contribution in [2.75, 3.05) is 33.2 Å². The highest BCUT2D eigenvalue weighted by molar-refractivity contribution is 5.74. The summed E-state index contributed by atoms with van der Waals surface area (Å²) in [5, 5.41) is 15.8. The van der Waals surface area contributed by atoms with Crippen LogP contribution in [0.1, 0.15) is 83.1 Å². The van der Waals surface area contributed by atoms with E-state index in [0.717, 1.165) is 89.5 Å². The number of amides is 2. The van der Waals surface area contributed by atoms with Crippen LogP contribution in [0.15, 0.2) is 27.6 Å². The molecule has 0 radical (unpaired) electrons. The summed E-state index contributed by atoms with van der Waals surface area (Å²) in [5.41, 5.74) is 0.120. The molecule has 0 aromatic carbocycles. The summed E-state index contributed by atoms with van der Waals surface area (Å²) < 4.78 is 5.23. The van der Waals surface area contributed by atoms with E-state index < -0.39 is 5.60 Å². The molecule has 1 aromatic heterocycles. The van der Waals surface area contributed by atoms with E-state index in [9.17, 15) is 14.7 Å². The van der Waals surface area contributed by atoms with Crippen molar-refractivity contribution in [3.05, 3.63) is 34.4 Å². The fourth-order valence-corrected chi connectivity index (χ4v) is 9.73. The number of nitrogens with one attached hydrogen (secondary N) is 1. The molecule has 1 aliphatic heterocycles. The Hall–Kier alpha value is -1.86. The van der Waals surface area contributed by atoms with E-state index in [-0.39, 0.29) is 34.4 Å². The lowest BCUT2D eigenvalue weighted by Crippen LogP contribution is -2.62. The highest BCUT2D eigenvalue weighted by Crippen LogP contribution is 2.70. The molecular weight excluding hydrogens is 466 g/mol. The first kappa shape index (κ1) is 25.4. The Morgan fingerprint density at radius 3 is 2.51 bits per heavy atom. The maximum absolute atomic E-state index is 12.9. The van der Waals surface area contributed by atoms with E-state index in [1.165, 1.54) is 6.07 Å². The SMILES string of the molecule is CN1CCN(C(=O)N[C@H]2CC[C@]3(C)C4CC[C@]5(C)[C@@H](c6ccc(=O)oc6)CC[C@]5(O)C4CC[C@@H]3C2)CC1. The van der Waals surface area contributed by atoms with Crippen molar-refractivity contribution in [3.8, 4) is 0 Å². The average molecular weight is 512 g/mol. The van der Waals surface area contributed by atoms with E-state index >= 15 is 0 Å². The fraction of sp³-hybridized carbons (Fsp3) is 0.800. The number of piperazine rings is 1. The Bertz CT molecular complexity index is 1060. The molecule has 5 aliphatic rings. The van der Waals surface area contributed by atoms with Gasteiger partial charge in [-0.1, -0.05) is 13.8 Å². The molecular formula is C30H45N3O4. The lowest BCUT2D eigenvalue weighted by atomic mass is 9.43. The summed E-state index contributed by atoms with van der Waals surface area (Å²) in [7, 11) is 2.12. The van der Waals surface area contributed by atoms with Crippen LogP contribution in [0.25, 0.3) is 0 Å². The number of carbonyl (C=O) groups is 1. The van der Waals surface area contributed by atoms with Gasteiger partial charge >= 0.3 is 11.7 Å². The second-order valence-electron chi connectivity index (χ2n) is 13.6. The molecule has 1 aromatic rings.